The van der Waals surface area contributed by atoms with Gasteiger partial charge in [-0.3, -0.25) is 0 Å². The molecule has 0 fully saturated rings. The molecule has 0 amide bonds. The Kier molecular flexibility index (Phi) is 3.20. The van der Waals surface area contributed by atoms with E-state index in [1.165, 1.54) is 50.1 Å². The van der Waals surface area contributed by atoms with Gasteiger partial charge in [0.1, 0.15) is 0 Å². The number of hydrogen-bond donors (Lipinski definition) is 3. The smallest absolute Gasteiger partial charge is 0.0555 e. The molecule has 3 N–H and O–H groups in total. The van der Waals surface area contributed by atoms with Gasteiger partial charge in [-0.2, -0.15) is 0 Å². The van der Waals surface area contributed by atoms with Gasteiger partial charge in [0.15, 0.2) is 0 Å². The van der Waals surface area contributed by atoms with Crippen LogP contribution in [0.2, 0.25) is 0 Å². The Morgan fingerprint density at radius 3 is 2.63 bits per heavy atom. The maximum absolute atomic E-state index is 3.75. The molecule has 2 aliphatic rings. The fraction of sp³-hybridized carbons (Fsp3) is 0.167. The Bertz CT molecular complexity index is 1140. The first-order valence-electron chi connectivity index (χ1n) is 9.63. The van der Waals surface area contributed by atoms with Crippen molar-refractivity contribution in [1.82, 2.24) is 10.3 Å². The van der Waals surface area contributed by atoms with Gasteiger partial charge >= 0.3 is 0 Å². The van der Waals surface area contributed by atoms with Gasteiger partial charge in [-0.1, -0.05) is 48.5 Å². The number of aromatic nitrogens is 1. The van der Waals surface area contributed by atoms with Gasteiger partial charge in [0.25, 0.3) is 0 Å². The van der Waals surface area contributed by atoms with Crippen LogP contribution in [0, 0.1) is 0 Å². The summed E-state index contributed by atoms with van der Waals surface area (Å²) in [7, 11) is 0. The zero-order valence-corrected chi connectivity index (χ0v) is 15.0. The minimum atomic E-state index is 0.365. The van der Waals surface area contributed by atoms with E-state index in [4.69, 9.17) is 0 Å². The molecule has 0 bridgehead atoms. The third kappa shape index (κ3) is 2.47. The summed E-state index contributed by atoms with van der Waals surface area (Å²) >= 11 is 0. The van der Waals surface area contributed by atoms with E-state index in [2.05, 4.69) is 82.3 Å². The quantitative estimate of drug-likeness (QED) is 0.467. The summed E-state index contributed by atoms with van der Waals surface area (Å²) in [4.78, 5) is 3.54. The second-order valence-corrected chi connectivity index (χ2v) is 7.67. The Hall–Kier alpha value is -3.04. The van der Waals surface area contributed by atoms with Crippen molar-refractivity contribution in [3.05, 3.63) is 89.0 Å². The summed E-state index contributed by atoms with van der Waals surface area (Å²) < 4.78 is 0. The van der Waals surface area contributed by atoms with Crippen LogP contribution in [0.4, 0.5) is 5.69 Å². The SMILES string of the molecule is c1ccc2[nH]c(-c3ccc4c(c3)NC(c3ccc5c(c3)CNC5)C4)cc2c1. The van der Waals surface area contributed by atoms with E-state index in [0.29, 0.717) is 6.04 Å². The van der Waals surface area contributed by atoms with Crippen molar-refractivity contribution in [3.63, 3.8) is 0 Å². The second-order valence-electron chi connectivity index (χ2n) is 7.67. The number of rotatable bonds is 2. The third-order valence-electron chi connectivity index (χ3n) is 5.97. The molecule has 4 aromatic rings. The van der Waals surface area contributed by atoms with Crippen molar-refractivity contribution in [1.29, 1.82) is 0 Å². The summed E-state index contributed by atoms with van der Waals surface area (Å²) in [5, 5.41) is 8.44. The van der Waals surface area contributed by atoms with Gasteiger partial charge in [-0.25, -0.2) is 0 Å². The molecule has 0 spiro atoms. The molecule has 0 saturated heterocycles. The molecule has 2 aliphatic heterocycles. The van der Waals surface area contributed by atoms with Crippen LogP contribution in [0.25, 0.3) is 22.2 Å². The van der Waals surface area contributed by atoms with Crippen molar-refractivity contribution >= 4 is 16.6 Å². The molecule has 132 valence electrons. The first-order chi connectivity index (χ1) is 13.3. The number of H-pyrrole nitrogens is 1. The fourth-order valence-electron chi connectivity index (χ4n) is 4.48. The Morgan fingerprint density at radius 2 is 1.67 bits per heavy atom. The molecule has 0 saturated carbocycles. The van der Waals surface area contributed by atoms with E-state index in [1.807, 2.05) is 0 Å². The van der Waals surface area contributed by atoms with Crippen molar-refractivity contribution < 1.29 is 0 Å². The summed E-state index contributed by atoms with van der Waals surface area (Å²) in [5.74, 6) is 0. The number of nitrogens with one attached hydrogen (secondary N) is 3. The zero-order valence-electron chi connectivity index (χ0n) is 15.0. The van der Waals surface area contributed by atoms with E-state index >= 15 is 0 Å². The lowest BCUT2D eigenvalue weighted by atomic mass is 9.98. The zero-order chi connectivity index (χ0) is 17.8. The topological polar surface area (TPSA) is 39.9 Å². The molecule has 0 radical (unpaired) electrons. The molecule has 0 aliphatic carbocycles. The molecule has 3 heterocycles. The van der Waals surface area contributed by atoms with Gasteiger partial charge in [0, 0.05) is 40.9 Å². The van der Waals surface area contributed by atoms with Crippen molar-refractivity contribution in [2.45, 2.75) is 25.6 Å². The van der Waals surface area contributed by atoms with Crippen LogP contribution >= 0.6 is 0 Å². The van der Waals surface area contributed by atoms with E-state index in [9.17, 15) is 0 Å². The van der Waals surface area contributed by atoms with Crippen molar-refractivity contribution in [2.24, 2.45) is 0 Å². The summed E-state index contributed by atoms with van der Waals surface area (Å²) in [5.41, 5.74) is 10.5. The first-order valence-corrected chi connectivity index (χ1v) is 9.63. The van der Waals surface area contributed by atoms with Crippen LogP contribution < -0.4 is 10.6 Å². The van der Waals surface area contributed by atoms with E-state index < -0.39 is 0 Å². The van der Waals surface area contributed by atoms with Crippen molar-refractivity contribution in [2.75, 3.05) is 5.32 Å². The average Bonchev–Trinajstić information content (AvgIpc) is 3.42. The normalized spacial score (nSPS) is 17.7. The van der Waals surface area contributed by atoms with E-state index in [1.54, 1.807) is 0 Å². The highest BCUT2D eigenvalue weighted by Gasteiger charge is 2.24. The summed E-state index contributed by atoms with van der Waals surface area (Å²) in [6, 6.07) is 24.8. The standard InChI is InChI=1S/C24H21N3/c1-2-4-21-15(3-1)10-23(26-21)17-5-6-18-11-22(27-24(18)12-17)16-7-8-19-13-25-14-20(19)9-16/h1-10,12,22,25-27H,11,13-14H2. The molecule has 1 atom stereocenters. The van der Waals surface area contributed by atoms with Gasteiger partial charge in [-0.05, 0) is 46.9 Å². The fourth-order valence-corrected chi connectivity index (χ4v) is 4.48. The highest BCUT2D eigenvalue weighted by Crippen LogP contribution is 2.38. The third-order valence-corrected chi connectivity index (χ3v) is 5.97. The Labute approximate surface area is 158 Å². The largest absolute Gasteiger partial charge is 0.378 e. The van der Waals surface area contributed by atoms with E-state index in [0.717, 1.165) is 19.5 Å². The highest BCUT2D eigenvalue weighted by atomic mass is 15.0. The first kappa shape index (κ1) is 15.1. The number of fused-ring (bicyclic) bond motifs is 3. The lowest BCUT2D eigenvalue weighted by Crippen LogP contribution is -2.06. The number of hydrogen-bond acceptors (Lipinski definition) is 2. The van der Waals surface area contributed by atoms with Crippen LogP contribution in [0.5, 0.6) is 0 Å². The molecular weight excluding hydrogens is 330 g/mol. The molecule has 6 rings (SSSR count). The number of anilines is 1. The number of benzene rings is 3. The molecule has 1 aromatic heterocycles. The van der Waals surface area contributed by atoms with Crippen LogP contribution in [0.15, 0.2) is 66.7 Å². The second kappa shape index (κ2) is 5.73. The van der Waals surface area contributed by atoms with Crippen molar-refractivity contribution in [3.8, 4) is 11.3 Å². The maximum Gasteiger partial charge on any atom is 0.0555 e. The molecule has 1 unspecified atom stereocenters. The maximum atomic E-state index is 3.75. The molecule has 3 nitrogen and oxygen atoms in total. The van der Waals surface area contributed by atoms with Gasteiger partial charge in [0.05, 0.1) is 6.04 Å². The van der Waals surface area contributed by atoms with Gasteiger partial charge < -0.3 is 15.6 Å². The van der Waals surface area contributed by atoms with Crippen LogP contribution in [-0.2, 0) is 19.5 Å². The molecular formula is C24H21N3. The van der Waals surface area contributed by atoms with Crippen LogP contribution in [-0.4, -0.2) is 4.98 Å². The predicted molar refractivity (Wildman–Crippen MR) is 111 cm³/mol. The van der Waals surface area contributed by atoms with E-state index in [-0.39, 0.29) is 0 Å². The molecule has 3 heteroatoms. The van der Waals surface area contributed by atoms with Crippen LogP contribution in [0.3, 0.4) is 0 Å². The minimum absolute atomic E-state index is 0.365. The lowest BCUT2D eigenvalue weighted by molar-refractivity contribution is 0.764. The summed E-state index contributed by atoms with van der Waals surface area (Å²) in [6.07, 6.45) is 1.05. The number of para-hydroxylation sites is 1. The Morgan fingerprint density at radius 1 is 0.778 bits per heavy atom. The average molecular weight is 351 g/mol. The number of aromatic amines is 1. The van der Waals surface area contributed by atoms with Gasteiger partial charge in [-0.15, -0.1) is 0 Å². The Balaban J connectivity index is 1.32. The highest BCUT2D eigenvalue weighted by molar-refractivity contribution is 5.86. The lowest BCUT2D eigenvalue weighted by Gasteiger charge is -2.13. The molecule has 27 heavy (non-hydrogen) atoms. The van der Waals surface area contributed by atoms with Crippen LogP contribution in [0.1, 0.15) is 28.3 Å². The predicted octanol–water partition coefficient (Wildman–Crippen LogP) is 5.15. The monoisotopic (exact) mass is 351 g/mol. The summed E-state index contributed by atoms with van der Waals surface area (Å²) in [6.45, 7) is 2.00. The van der Waals surface area contributed by atoms with Gasteiger partial charge in [0.2, 0.25) is 0 Å². The minimum Gasteiger partial charge on any atom is -0.378 e. The molecule has 3 aromatic carbocycles.